The Morgan fingerprint density at radius 1 is 1.31 bits per heavy atom. The summed E-state index contributed by atoms with van der Waals surface area (Å²) in [6, 6.07) is 0.818. The first-order valence-electron chi connectivity index (χ1n) is 8.95. The van der Waals surface area contributed by atoms with Crippen LogP contribution in [0.4, 0.5) is 8.78 Å². The normalized spacial score (nSPS) is 15.8. The molecule has 0 aliphatic carbocycles. The largest absolute Gasteiger partial charge is 0.547 e. The molecule has 0 spiro atoms. The van der Waals surface area contributed by atoms with E-state index >= 15 is 0 Å². The number of hydrogen-bond acceptors (Lipinski definition) is 7. The molecule has 1 heterocycles. The summed E-state index contributed by atoms with van der Waals surface area (Å²) in [6.45, 7) is 5.56. The summed E-state index contributed by atoms with van der Waals surface area (Å²) in [5.41, 5.74) is -1.65. The van der Waals surface area contributed by atoms with Crippen LogP contribution in [0.3, 0.4) is 0 Å². The summed E-state index contributed by atoms with van der Waals surface area (Å²) in [5, 5.41) is 12.6. The Balaban J connectivity index is 2.22. The van der Waals surface area contributed by atoms with Crippen LogP contribution in [0.2, 0.25) is 0 Å². The van der Waals surface area contributed by atoms with Crippen LogP contribution in [0, 0.1) is 17.0 Å². The summed E-state index contributed by atoms with van der Waals surface area (Å²) in [4.78, 5) is 35.5. The van der Waals surface area contributed by atoms with Gasteiger partial charge in [-0.1, -0.05) is 6.92 Å². The Kier molecular flexibility index (Phi) is 6.83. The molecular formula is C18H22BF2NO7. The molecule has 0 radical (unpaired) electrons. The Labute approximate surface area is 166 Å². The topological polar surface area (TPSA) is 111 Å². The number of carbonyl (C=O) groups is 3. The Bertz CT molecular complexity index is 825. The molecule has 1 aromatic rings. The van der Waals surface area contributed by atoms with Gasteiger partial charge in [-0.05, 0) is 38.8 Å². The second kappa shape index (κ2) is 8.77. The molecular weight excluding hydrogens is 391 g/mol. The molecule has 1 aromatic carbocycles. The number of nitrogens with one attached hydrogen (secondary N) is 1. The van der Waals surface area contributed by atoms with Crippen LogP contribution in [-0.2, 0) is 25.5 Å². The van der Waals surface area contributed by atoms with E-state index in [1.807, 2.05) is 0 Å². The molecule has 0 saturated heterocycles. The fourth-order valence-electron chi connectivity index (χ4n) is 2.53. The van der Waals surface area contributed by atoms with Crippen LogP contribution in [0.5, 0.6) is 5.75 Å². The third-order valence-corrected chi connectivity index (χ3v) is 4.14. The highest BCUT2D eigenvalue weighted by atomic mass is 19.2. The molecule has 1 amide bonds. The second-order valence-electron chi connectivity index (χ2n) is 7.51. The maximum absolute atomic E-state index is 14.3. The number of hydrogen-bond donors (Lipinski definition) is 2. The van der Waals surface area contributed by atoms with E-state index < -0.39 is 60.2 Å². The third-order valence-electron chi connectivity index (χ3n) is 4.14. The first-order valence-corrected chi connectivity index (χ1v) is 8.95. The van der Waals surface area contributed by atoms with Gasteiger partial charge in [-0.25, -0.2) is 13.6 Å². The number of ether oxygens (including phenoxy) is 2. The standard InChI is InChI=1S/C18H22BF2NO7/c1-5-12(23)22-11-7-9-6-10(20)14(21)13(15(9)29-19(11)26)16(24)27-8-28-17(25)18(2,3)4/h6,11,26H,5,7-8H2,1-4H3,(H,22,23). The molecule has 8 nitrogen and oxygen atoms in total. The number of halogens is 2. The molecule has 1 aliphatic rings. The van der Waals surface area contributed by atoms with Crippen LogP contribution < -0.4 is 9.97 Å². The van der Waals surface area contributed by atoms with Crippen LogP contribution in [-0.4, -0.2) is 42.7 Å². The van der Waals surface area contributed by atoms with Crippen molar-refractivity contribution in [2.45, 2.75) is 46.5 Å². The molecule has 29 heavy (non-hydrogen) atoms. The molecule has 11 heteroatoms. The number of rotatable bonds is 5. The van der Waals surface area contributed by atoms with E-state index in [9.17, 15) is 28.2 Å². The van der Waals surface area contributed by atoms with E-state index in [-0.39, 0.29) is 24.3 Å². The molecule has 0 aromatic heterocycles. The number of carbonyl (C=O) groups excluding carboxylic acids is 3. The van der Waals surface area contributed by atoms with Gasteiger partial charge in [0.05, 0.1) is 11.4 Å². The van der Waals surface area contributed by atoms with Crippen molar-refractivity contribution in [3.8, 4) is 5.75 Å². The van der Waals surface area contributed by atoms with Crippen LogP contribution in [0.1, 0.15) is 50.0 Å². The molecule has 0 bridgehead atoms. The van der Waals surface area contributed by atoms with Crippen LogP contribution >= 0.6 is 0 Å². The quantitative estimate of drug-likeness (QED) is 0.428. The molecule has 1 atom stereocenters. The van der Waals surface area contributed by atoms with E-state index in [0.717, 1.165) is 6.07 Å². The molecule has 158 valence electrons. The highest BCUT2D eigenvalue weighted by molar-refractivity contribution is 6.47. The van der Waals surface area contributed by atoms with Crippen molar-refractivity contribution in [2.75, 3.05) is 6.79 Å². The first-order chi connectivity index (χ1) is 13.5. The predicted octanol–water partition coefficient (Wildman–Crippen LogP) is 1.52. The Morgan fingerprint density at radius 2 is 1.97 bits per heavy atom. The number of esters is 2. The zero-order chi connectivity index (χ0) is 21.9. The van der Waals surface area contributed by atoms with Crippen molar-refractivity contribution in [1.29, 1.82) is 0 Å². The Morgan fingerprint density at radius 3 is 2.55 bits per heavy atom. The highest BCUT2D eigenvalue weighted by Gasteiger charge is 2.40. The van der Waals surface area contributed by atoms with Crippen LogP contribution in [0.25, 0.3) is 0 Å². The summed E-state index contributed by atoms with van der Waals surface area (Å²) < 4.78 is 43.0. The van der Waals surface area contributed by atoms with Crippen molar-refractivity contribution in [1.82, 2.24) is 5.32 Å². The van der Waals surface area contributed by atoms with Crippen molar-refractivity contribution in [2.24, 2.45) is 5.41 Å². The van der Waals surface area contributed by atoms with Gasteiger partial charge in [0.15, 0.2) is 11.6 Å². The monoisotopic (exact) mass is 413 g/mol. The molecule has 1 unspecified atom stereocenters. The van der Waals surface area contributed by atoms with Gasteiger partial charge in [0.25, 0.3) is 0 Å². The van der Waals surface area contributed by atoms with Gasteiger partial charge in [-0.15, -0.1) is 0 Å². The molecule has 0 fully saturated rings. The molecule has 2 N–H and O–H groups in total. The lowest BCUT2D eigenvalue weighted by molar-refractivity contribution is -0.161. The minimum absolute atomic E-state index is 0.0641. The summed E-state index contributed by atoms with van der Waals surface area (Å²) in [6.07, 6.45) is 0.0530. The third kappa shape index (κ3) is 5.23. The minimum atomic E-state index is -1.59. The van der Waals surface area contributed by atoms with Crippen molar-refractivity contribution in [3.63, 3.8) is 0 Å². The van der Waals surface area contributed by atoms with E-state index in [4.69, 9.17) is 14.1 Å². The van der Waals surface area contributed by atoms with E-state index in [1.54, 1.807) is 27.7 Å². The van der Waals surface area contributed by atoms with Gasteiger partial charge in [0.2, 0.25) is 12.7 Å². The maximum atomic E-state index is 14.3. The van der Waals surface area contributed by atoms with Gasteiger partial charge in [-0.2, -0.15) is 0 Å². The first kappa shape index (κ1) is 22.6. The average Bonchev–Trinajstić information content (AvgIpc) is 2.63. The van der Waals surface area contributed by atoms with Crippen molar-refractivity contribution < 1.29 is 42.3 Å². The van der Waals surface area contributed by atoms with Gasteiger partial charge in [-0.3, -0.25) is 9.59 Å². The van der Waals surface area contributed by atoms with Gasteiger partial charge >= 0.3 is 19.1 Å². The van der Waals surface area contributed by atoms with Gasteiger partial charge in [0, 0.05) is 6.42 Å². The van der Waals surface area contributed by atoms with Crippen molar-refractivity contribution >= 4 is 25.0 Å². The summed E-state index contributed by atoms with van der Waals surface area (Å²) in [7, 11) is -1.59. The zero-order valence-electron chi connectivity index (χ0n) is 16.5. The fraction of sp³-hybridized carbons (Fsp3) is 0.500. The lowest BCUT2D eigenvalue weighted by Crippen LogP contribution is -2.53. The summed E-state index contributed by atoms with van der Waals surface area (Å²) >= 11 is 0. The average molecular weight is 413 g/mol. The van der Waals surface area contributed by atoms with E-state index in [2.05, 4.69) is 5.32 Å². The molecule has 2 rings (SSSR count). The Hall–Kier alpha value is -2.69. The van der Waals surface area contributed by atoms with E-state index in [1.165, 1.54) is 0 Å². The second-order valence-corrected chi connectivity index (χ2v) is 7.51. The number of benzene rings is 1. The highest BCUT2D eigenvalue weighted by Crippen LogP contribution is 2.34. The summed E-state index contributed by atoms with van der Waals surface area (Å²) in [5.74, 6) is -6.52. The SMILES string of the molecule is CCC(=O)NC1Cc2cc(F)c(F)c(C(=O)OCOC(=O)C(C)(C)C)c2OB1O. The fourth-order valence-corrected chi connectivity index (χ4v) is 2.53. The van der Waals surface area contributed by atoms with Crippen molar-refractivity contribution in [3.05, 3.63) is 28.8 Å². The smallest absolute Gasteiger partial charge is 0.534 e. The minimum Gasteiger partial charge on any atom is -0.534 e. The van der Waals surface area contributed by atoms with Gasteiger partial charge < -0.3 is 24.5 Å². The maximum Gasteiger partial charge on any atom is 0.547 e. The van der Waals surface area contributed by atoms with Crippen LogP contribution in [0.15, 0.2) is 6.07 Å². The predicted molar refractivity (Wildman–Crippen MR) is 96.7 cm³/mol. The number of amides is 1. The van der Waals surface area contributed by atoms with Gasteiger partial charge in [0.1, 0.15) is 11.3 Å². The lowest BCUT2D eigenvalue weighted by atomic mass is 9.72. The number of fused-ring (bicyclic) bond motifs is 1. The van der Waals surface area contributed by atoms with E-state index in [0.29, 0.717) is 0 Å². The molecule has 0 saturated carbocycles. The lowest BCUT2D eigenvalue weighted by Gasteiger charge is -2.29. The zero-order valence-corrected chi connectivity index (χ0v) is 16.5. The molecule has 1 aliphatic heterocycles.